The first-order chi connectivity index (χ1) is 9.81. The maximum absolute atomic E-state index is 13.6. The summed E-state index contributed by atoms with van der Waals surface area (Å²) in [5, 5.41) is 11.0. The summed E-state index contributed by atoms with van der Waals surface area (Å²) >= 11 is 0. The monoisotopic (exact) mass is 288 g/mol. The van der Waals surface area contributed by atoms with E-state index < -0.39 is 17.5 Å². The Labute approximate surface area is 123 Å². The maximum Gasteiger partial charge on any atom is 0.408 e. The van der Waals surface area contributed by atoms with Gasteiger partial charge in [0.1, 0.15) is 11.4 Å². The lowest BCUT2D eigenvalue weighted by atomic mass is 10.1. The number of hydrogen-bond donors (Lipinski definition) is 1. The summed E-state index contributed by atoms with van der Waals surface area (Å²) in [6.45, 7) is 5.41. The van der Waals surface area contributed by atoms with Gasteiger partial charge in [-0.05, 0) is 32.9 Å². The van der Waals surface area contributed by atoms with E-state index in [0.29, 0.717) is 11.1 Å². The molecule has 0 aliphatic rings. The fourth-order valence-corrected chi connectivity index (χ4v) is 1.43. The van der Waals surface area contributed by atoms with E-state index in [1.54, 1.807) is 26.8 Å². The fraction of sp³-hybridized carbons (Fsp3) is 0.375. The van der Waals surface area contributed by atoms with Gasteiger partial charge in [0.2, 0.25) is 0 Å². The second kappa shape index (κ2) is 7.31. The van der Waals surface area contributed by atoms with Crippen LogP contribution in [0.5, 0.6) is 0 Å². The Bertz CT molecular complexity index is 616. The van der Waals surface area contributed by atoms with Gasteiger partial charge in [0.25, 0.3) is 0 Å². The molecule has 110 valence electrons. The van der Waals surface area contributed by atoms with Gasteiger partial charge < -0.3 is 10.1 Å². The quantitative estimate of drug-likeness (QED) is 0.851. The minimum atomic E-state index is -0.558. The Morgan fingerprint density at radius 3 is 2.71 bits per heavy atom. The highest BCUT2D eigenvalue weighted by Crippen LogP contribution is 2.10. The molecule has 0 aliphatic heterocycles. The highest BCUT2D eigenvalue weighted by molar-refractivity contribution is 5.68. The molecular formula is C16H17FN2O2. The Balaban J connectivity index is 2.54. The van der Waals surface area contributed by atoms with Crippen molar-refractivity contribution in [2.45, 2.75) is 32.8 Å². The van der Waals surface area contributed by atoms with Gasteiger partial charge in [-0.15, -0.1) is 0 Å². The minimum Gasteiger partial charge on any atom is -0.444 e. The van der Waals surface area contributed by atoms with Crippen LogP contribution in [0.3, 0.4) is 0 Å². The van der Waals surface area contributed by atoms with Crippen molar-refractivity contribution in [1.29, 1.82) is 5.26 Å². The molecule has 21 heavy (non-hydrogen) atoms. The molecule has 0 radical (unpaired) electrons. The number of nitriles is 1. The van der Waals surface area contributed by atoms with Crippen LogP contribution >= 0.6 is 0 Å². The normalized spacial score (nSPS) is 10.0. The molecule has 1 N–H and O–H groups in total. The lowest BCUT2D eigenvalue weighted by Crippen LogP contribution is -2.32. The number of alkyl carbamates (subject to hydrolysis) is 1. The molecule has 0 aliphatic carbocycles. The van der Waals surface area contributed by atoms with E-state index in [4.69, 9.17) is 10.00 Å². The van der Waals surface area contributed by atoms with Crippen molar-refractivity contribution in [3.63, 3.8) is 0 Å². The Morgan fingerprint density at radius 1 is 1.43 bits per heavy atom. The molecule has 1 rings (SSSR count). The summed E-state index contributed by atoms with van der Waals surface area (Å²) in [6.07, 6.45) is -0.521. The second-order valence-corrected chi connectivity index (χ2v) is 5.30. The van der Waals surface area contributed by atoms with Gasteiger partial charge in [-0.3, -0.25) is 0 Å². The van der Waals surface area contributed by atoms with E-state index in [1.807, 2.05) is 6.07 Å². The summed E-state index contributed by atoms with van der Waals surface area (Å²) in [4.78, 5) is 11.3. The smallest absolute Gasteiger partial charge is 0.408 e. The van der Waals surface area contributed by atoms with Gasteiger partial charge in [0.15, 0.2) is 0 Å². The molecule has 0 fully saturated rings. The van der Waals surface area contributed by atoms with Crippen LogP contribution in [0.4, 0.5) is 9.18 Å². The van der Waals surface area contributed by atoms with Gasteiger partial charge in [0, 0.05) is 11.1 Å². The molecule has 0 saturated carbocycles. The number of amides is 1. The average molecular weight is 288 g/mol. The second-order valence-electron chi connectivity index (χ2n) is 5.30. The van der Waals surface area contributed by atoms with Crippen LogP contribution in [0.25, 0.3) is 0 Å². The predicted molar refractivity (Wildman–Crippen MR) is 76.8 cm³/mol. The van der Waals surface area contributed by atoms with Crippen LogP contribution in [0, 0.1) is 29.0 Å². The standard InChI is InChI=1S/C16H17FN2O2/c1-16(2,3)21-15(20)19-10-4-5-12-6-7-13(8-9-18)14(17)11-12/h6-7,11H,8,10H2,1-3H3,(H,19,20). The lowest BCUT2D eigenvalue weighted by Gasteiger charge is -2.18. The Morgan fingerprint density at radius 2 is 2.14 bits per heavy atom. The van der Waals surface area contributed by atoms with E-state index in [1.165, 1.54) is 12.1 Å². The minimum absolute atomic E-state index is 0.0275. The molecule has 0 unspecified atom stereocenters. The van der Waals surface area contributed by atoms with E-state index in [0.717, 1.165) is 0 Å². The first-order valence-electron chi connectivity index (χ1n) is 6.43. The van der Waals surface area contributed by atoms with Gasteiger partial charge >= 0.3 is 6.09 Å². The molecule has 0 atom stereocenters. The SMILES string of the molecule is CC(C)(C)OC(=O)NCC#Cc1ccc(CC#N)c(F)c1. The van der Waals surface area contributed by atoms with E-state index in [-0.39, 0.29) is 13.0 Å². The topological polar surface area (TPSA) is 62.1 Å². The average Bonchev–Trinajstić information content (AvgIpc) is 2.36. The summed E-state index contributed by atoms with van der Waals surface area (Å²) in [5.41, 5.74) is 0.270. The first kappa shape index (κ1) is 16.5. The fourth-order valence-electron chi connectivity index (χ4n) is 1.43. The van der Waals surface area contributed by atoms with Crippen molar-refractivity contribution in [3.05, 3.63) is 35.1 Å². The van der Waals surface area contributed by atoms with Crippen LogP contribution in [0.1, 0.15) is 31.9 Å². The zero-order valence-corrected chi connectivity index (χ0v) is 12.3. The number of nitrogens with zero attached hydrogens (tertiary/aromatic N) is 1. The van der Waals surface area contributed by atoms with Crippen LogP contribution in [0.15, 0.2) is 18.2 Å². The first-order valence-corrected chi connectivity index (χ1v) is 6.43. The molecule has 4 nitrogen and oxygen atoms in total. The highest BCUT2D eigenvalue weighted by Gasteiger charge is 2.14. The number of carbonyl (C=O) groups excluding carboxylic acids is 1. The number of ether oxygens (including phenoxy) is 1. The Kier molecular flexibility index (Phi) is 5.75. The molecule has 0 aromatic heterocycles. The van der Waals surface area contributed by atoms with E-state index in [9.17, 15) is 9.18 Å². The van der Waals surface area contributed by atoms with Crippen molar-refractivity contribution >= 4 is 6.09 Å². The van der Waals surface area contributed by atoms with Crippen molar-refractivity contribution in [3.8, 4) is 17.9 Å². The van der Waals surface area contributed by atoms with Gasteiger partial charge in [0.05, 0.1) is 19.0 Å². The number of nitrogens with one attached hydrogen (secondary N) is 1. The molecule has 5 heteroatoms. The molecule has 0 heterocycles. The van der Waals surface area contributed by atoms with Crippen molar-refractivity contribution in [2.24, 2.45) is 0 Å². The lowest BCUT2D eigenvalue weighted by molar-refractivity contribution is 0.0535. The molecule has 1 aromatic rings. The zero-order valence-electron chi connectivity index (χ0n) is 12.3. The molecule has 0 spiro atoms. The maximum atomic E-state index is 13.6. The third kappa shape index (κ3) is 6.44. The predicted octanol–water partition coefficient (Wildman–Crippen LogP) is 2.77. The van der Waals surface area contributed by atoms with Crippen molar-refractivity contribution in [2.75, 3.05) is 6.54 Å². The van der Waals surface area contributed by atoms with Crippen LogP contribution in [-0.2, 0) is 11.2 Å². The zero-order chi connectivity index (χ0) is 15.9. The molecule has 1 aromatic carbocycles. The van der Waals surface area contributed by atoms with Gasteiger partial charge in [-0.2, -0.15) is 5.26 Å². The van der Waals surface area contributed by atoms with Gasteiger partial charge in [-0.25, -0.2) is 9.18 Å². The summed E-state index contributed by atoms with van der Waals surface area (Å²) in [7, 11) is 0. The molecular weight excluding hydrogens is 271 g/mol. The number of rotatable bonds is 2. The largest absolute Gasteiger partial charge is 0.444 e. The van der Waals surface area contributed by atoms with Crippen LogP contribution in [-0.4, -0.2) is 18.2 Å². The summed E-state index contributed by atoms with van der Waals surface area (Å²) in [6, 6.07) is 6.33. The van der Waals surface area contributed by atoms with Crippen LogP contribution in [0.2, 0.25) is 0 Å². The highest BCUT2D eigenvalue weighted by atomic mass is 19.1. The number of carbonyl (C=O) groups is 1. The van der Waals surface area contributed by atoms with Crippen LogP contribution < -0.4 is 5.32 Å². The molecule has 0 saturated heterocycles. The molecule has 0 bridgehead atoms. The summed E-state index contributed by atoms with van der Waals surface area (Å²) in [5.74, 6) is 4.98. The third-order valence-corrected chi connectivity index (χ3v) is 2.28. The number of halogens is 1. The summed E-state index contributed by atoms with van der Waals surface area (Å²) < 4.78 is 18.6. The molecule has 1 amide bonds. The van der Waals surface area contributed by atoms with Crippen molar-refractivity contribution < 1.29 is 13.9 Å². The number of benzene rings is 1. The van der Waals surface area contributed by atoms with Crippen molar-refractivity contribution in [1.82, 2.24) is 5.32 Å². The third-order valence-electron chi connectivity index (χ3n) is 2.28. The van der Waals surface area contributed by atoms with E-state index in [2.05, 4.69) is 17.2 Å². The van der Waals surface area contributed by atoms with Gasteiger partial charge in [-0.1, -0.05) is 17.9 Å². The Hall–Kier alpha value is -2.53. The number of hydrogen-bond acceptors (Lipinski definition) is 3. The van der Waals surface area contributed by atoms with E-state index >= 15 is 0 Å².